The topological polar surface area (TPSA) is 322 Å². The van der Waals surface area contributed by atoms with Gasteiger partial charge >= 0.3 is 43.9 Å². The summed E-state index contributed by atoms with van der Waals surface area (Å²) in [6, 6.07) is 51.4. The Morgan fingerprint density at radius 1 is 0.486 bits per heavy atom. The molecular weight excluding hydrogens is 1350 g/mol. The third-order valence-corrected chi connectivity index (χ3v) is 17.0. The molecule has 0 unspecified atom stereocenters. The van der Waals surface area contributed by atoms with E-state index >= 15 is 0 Å². The van der Waals surface area contributed by atoms with Crippen molar-refractivity contribution in [3.63, 3.8) is 0 Å². The Morgan fingerprint density at radius 3 is 1.23 bits per heavy atom. The average molecular weight is 1440 g/mol. The number of hydrogen-bond donors (Lipinski definition) is 4. The first-order chi connectivity index (χ1) is 48.8. The Balaban J connectivity index is 0.000000228. The van der Waals surface area contributed by atoms with Crippen molar-refractivity contribution < 1.29 is 90.1 Å². The summed E-state index contributed by atoms with van der Waals surface area (Å²) in [5.74, 6) is 0.457. The molecule has 0 radical (unpaired) electrons. The van der Waals surface area contributed by atoms with Gasteiger partial charge in [-0.2, -0.15) is 0 Å². The predicted octanol–water partition coefficient (Wildman–Crippen LogP) is 12.5. The number of hydrogen-bond acceptors (Lipinski definition) is 20. The SMILES string of the molecule is C.C.CCOC(=O)Cc1ccccc1OCc1cc(-c2ccnc(CN)c2)c2occc2c1.CCOC(=O)Cc1ccccc1OCc1cc(B2OC(C)(C)C(C)(C)O2)c2occc2c1.NCc1cc(-c2cc(COc3ccccc3CC(=O)O)cc3ccoc23)ccn1.NCc1cc(Cl)ccn1.[Li+].[OH-]. The van der Waals surface area contributed by atoms with E-state index < -0.39 is 24.3 Å². The third-order valence-electron chi connectivity index (χ3n) is 16.8. The molecule has 544 valence electrons. The molecule has 21 nitrogen and oxygen atoms in total. The van der Waals surface area contributed by atoms with E-state index in [0.29, 0.717) is 80.5 Å². The fourth-order valence-electron chi connectivity index (χ4n) is 11.1. The minimum atomic E-state index is -0.892. The number of nitrogens with two attached hydrogens (primary N) is 3. The molecule has 0 aliphatic carbocycles. The number of rotatable bonds is 23. The number of aliphatic carboxylic acids is 1. The summed E-state index contributed by atoms with van der Waals surface area (Å²) in [4.78, 5) is 47.4. The van der Waals surface area contributed by atoms with E-state index in [1.54, 1.807) is 81.6 Å². The van der Waals surface area contributed by atoms with Crippen LogP contribution in [0.2, 0.25) is 5.02 Å². The number of furan rings is 3. The first-order valence-corrected chi connectivity index (χ1v) is 33.3. The zero-order valence-corrected chi connectivity index (χ0v) is 59.3. The smallest absolute Gasteiger partial charge is 0.870 e. The summed E-state index contributed by atoms with van der Waals surface area (Å²) in [6.07, 6.45) is 10.4. The fraction of sp³-hybridized carbons (Fsp3) is 0.259. The first kappa shape index (κ1) is 83.9. The second-order valence-corrected chi connectivity index (χ2v) is 24.9. The average Bonchev–Trinajstić information content (AvgIpc) is 1.50. The normalized spacial score (nSPS) is 12.2. The van der Waals surface area contributed by atoms with E-state index in [-0.39, 0.29) is 70.4 Å². The van der Waals surface area contributed by atoms with E-state index in [1.165, 1.54) is 0 Å². The zero-order valence-electron chi connectivity index (χ0n) is 58.6. The van der Waals surface area contributed by atoms with E-state index in [2.05, 4.69) is 21.0 Å². The molecule has 0 spiro atoms. The van der Waals surface area contributed by atoms with Crippen molar-refractivity contribution in [2.75, 3.05) is 13.2 Å². The molecule has 105 heavy (non-hydrogen) atoms. The monoisotopic (exact) mass is 1440 g/mol. The molecule has 7 heterocycles. The second-order valence-electron chi connectivity index (χ2n) is 24.4. The summed E-state index contributed by atoms with van der Waals surface area (Å²) in [5.41, 5.74) is 30.5. The Bertz CT molecular complexity index is 4800. The van der Waals surface area contributed by atoms with Crippen LogP contribution < -0.4 is 55.7 Å². The number of nitrogens with zero attached hydrogens (tertiary/aromatic N) is 3. The van der Waals surface area contributed by atoms with Gasteiger partial charge in [0.05, 0.1) is 79.5 Å². The van der Waals surface area contributed by atoms with Gasteiger partial charge in [-0.3, -0.25) is 29.3 Å². The number of carbonyl (C=O) groups excluding carboxylic acids is 2. The molecule has 13 rings (SSSR count). The van der Waals surface area contributed by atoms with Crippen molar-refractivity contribution in [2.24, 2.45) is 17.2 Å². The molecule has 1 saturated heterocycles. The van der Waals surface area contributed by atoms with Crippen LogP contribution in [0.5, 0.6) is 17.2 Å². The van der Waals surface area contributed by atoms with Gasteiger partial charge in [-0.25, -0.2) is 0 Å². The maximum Gasteiger partial charge on any atom is 1.00 e. The standard InChI is InChI=1S/C25H29BO6.C25H24N2O4.C23H20N2O4.C6H7ClN2.2CH4.Li.H2O/c1-6-28-22(27)15-18-9-7-8-10-21(18)30-16-17-13-19-11-12-29-23(19)20(14-17)26-31-24(2,3)25(4,5)32-26;1-2-29-24(28)14-19-5-3-4-6-23(19)31-16-17-11-20-8-10-30-25(20)22(12-17)18-7-9-27-21(13-18)15-26;24-13-19-11-16(5-7-25-19)20-10-15(9-18-6-8-28-23(18)20)14-29-21-4-2-1-3-17(21)12-22(26)27;7-5-1-2-9-6(3-5)4-8;;;;/h7-14H,6,15-16H2,1-5H3;3-13H,2,14-16,26H2,1H3;1-11H,12-14,24H2,(H,26,27);1-3H,4,8H2;2*1H4;;1H2/q;;;;;;+1;/p-1. The molecule has 6 aromatic carbocycles. The largest absolute Gasteiger partial charge is 1.00 e. The van der Waals surface area contributed by atoms with E-state index in [4.69, 9.17) is 80.2 Å². The van der Waals surface area contributed by atoms with Crippen molar-refractivity contribution >= 4 is 75.0 Å². The van der Waals surface area contributed by atoms with Crippen LogP contribution in [0.3, 0.4) is 0 Å². The van der Waals surface area contributed by atoms with E-state index in [0.717, 1.165) is 106 Å². The molecular formula is C81H89BClLiN6O15. The van der Waals surface area contributed by atoms with Gasteiger partial charge in [0.1, 0.15) is 53.8 Å². The summed E-state index contributed by atoms with van der Waals surface area (Å²) in [5, 5.41) is 12.7. The number of halogens is 1. The van der Waals surface area contributed by atoms with Gasteiger partial charge < -0.3 is 74.0 Å². The maximum atomic E-state index is 11.9. The molecule has 8 N–H and O–H groups in total. The number of ether oxygens (including phenoxy) is 5. The molecule has 24 heteroatoms. The van der Waals surface area contributed by atoms with Crippen LogP contribution in [0.25, 0.3) is 55.2 Å². The van der Waals surface area contributed by atoms with Crippen LogP contribution in [0, 0.1) is 0 Å². The van der Waals surface area contributed by atoms with Gasteiger partial charge in [0, 0.05) is 92.7 Å². The van der Waals surface area contributed by atoms with Gasteiger partial charge in [-0.15, -0.1) is 0 Å². The Hall–Kier alpha value is -10.1. The van der Waals surface area contributed by atoms with Crippen LogP contribution in [-0.2, 0) is 91.9 Å². The van der Waals surface area contributed by atoms with Gasteiger partial charge in [0.15, 0.2) is 0 Å². The van der Waals surface area contributed by atoms with Gasteiger partial charge in [0.25, 0.3) is 0 Å². The molecule has 0 amide bonds. The molecule has 6 aromatic heterocycles. The minimum Gasteiger partial charge on any atom is -0.870 e. The van der Waals surface area contributed by atoms with Crippen molar-refractivity contribution in [3.05, 3.63) is 257 Å². The van der Waals surface area contributed by atoms with Crippen LogP contribution in [-0.4, -0.2) is 75.0 Å². The van der Waals surface area contributed by atoms with Gasteiger partial charge in [0.2, 0.25) is 0 Å². The number of para-hydroxylation sites is 3. The van der Waals surface area contributed by atoms with Crippen LogP contribution in [0.4, 0.5) is 0 Å². The van der Waals surface area contributed by atoms with Crippen molar-refractivity contribution in [3.8, 4) is 39.5 Å². The molecule has 1 fully saturated rings. The third kappa shape index (κ3) is 22.2. The number of pyridine rings is 3. The molecule has 0 saturated carbocycles. The van der Waals surface area contributed by atoms with Crippen molar-refractivity contribution in [1.82, 2.24) is 15.0 Å². The van der Waals surface area contributed by atoms with Crippen LogP contribution in [0.15, 0.2) is 214 Å². The zero-order chi connectivity index (χ0) is 71.5. The Kier molecular flexibility index (Phi) is 31.7. The van der Waals surface area contributed by atoms with Crippen LogP contribution >= 0.6 is 11.6 Å². The van der Waals surface area contributed by atoms with E-state index in [1.807, 2.05) is 155 Å². The second kappa shape index (κ2) is 39.7. The fourth-order valence-corrected chi connectivity index (χ4v) is 11.3. The molecule has 1 aliphatic rings. The maximum absolute atomic E-state index is 11.9. The number of esters is 2. The van der Waals surface area contributed by atoms with Crippen LogP contribution in [0.1, 0.15) is 107 Å². The molecule has 0 bridgehead atoms. The van der Waals surface area contributed by atoms with Crippen molar-refractivity contribution in [1.29, 1.82) is 0 Å². The van der Waals surface area contributed by atoms with Crippen molar-refractivity contribution in [2.45, 2.75) is 126 Å². The molecule has 0 atom stereocenters. The Labute approximate surface area is 629 Å². The number of carbonyl (C=O) groups is 3. The molecule has 1 aliphatic heterocycles. The van der Waals surface area contributed by atoms with E-state index in [9.17, 15) is 14.4 Å². The Morgan fingerprint density at radius 2 is 0.848 bits per heavy atom. The van der Waals surface area contributed by atoms with Gasteiger partial charge in [-0.05, 0) is 172 Å². The number of aromatic nitrogens is 3. The number of benzene rings is 6. The number of carboxylic acids is 1. The summed E-state index contributed by atoms with van der Waals surface area (Å²) in [6.45, 7) is 14.6. The number of carboxylic acid groups (broad SMARTS) is 1. The first-order valence-electron chi connectivity index (χ1n) is 33.0. The summed E-state index contributed by atoms with van der Waals surface area (Å²) in [7, 11) is -0.537. The van der Waals surface area contributed by atoms with Gasteiger partial charge in [-0.1, -0.05) is 87.1 Å². The summed E-state index contributed by atoms with van der Waals surface area (Å²) < 4.78 is 58.0. The molecule has 12 aromatic rings. The predicted molar refractivity (Wildman–Crippen MR) is 403 cm³/mol. The summed E-state index contributed by atoms with van der Waals surface area (Å²) >= 11 is 5.63. The minimum absolute atomic E-state index is 0. The quantitative estimate of drug-likeness (QED) is 0.0341. The number of fused-ring (bicyclic) bond motifs is 3.